The Labute approximate surface area is 144 Å². The summed E-state index contributed by atoms with van der Waals surface area (Å²) >= 11 is 0. The highest BCUT2D eigenvalue weighted by Crippen LogP contribution is 2.37. The van der Waals surface area contributed by atoms with Gasteiger partial charge in [-0.05, 0) is 18.6 Å². The van der Waals surface area contributed by atoms with Gasteiger partial charge in [0.2, 0.25) is 0 Å². The second-order valence-corrected chi connectivity index (χ2v) is 6.25. The second-order valence-electron chi connectivity index (χ2n) is 6.25. The van der Waals surface area contributed by atoms with Crippen molar-refractivity contribution < 1.29 is 20.1 Å². The van der Waals surface area contributed by atoms with Crippen LogP contribution in [0.25, 0.3) is 11.0 Å². The van der Waals surface area contributed by atoms with Crippen molar-refractivity contribution in [1.29, 1.82) is 0 Å². The van der Waals surface area contributed by atoms with Crippen LogP contribution in [-0.2, 0) is 4.74 Å². The average molecular weight is 341 g/mol. The Morgan fingerprint density at radius 2 is 1.84 bits per heavy atom. The highest BCUT2D eigenvalue weighted by molar-refractivity contribution is 5.78. The molecule has 0 radical (unpaired) electrons. The molecule has 1 aliphatic heterocycles. The summed E-state index contributed by atoms with van der Waals surface area (Å²) in [5.41, 5.74) is 2.05. The molecule has 1 saturated heterocycles. The fourth-order valence-corrected chi connectivity index (χ4v) is 3.32. The molecule has 4 rings (SSSR count). The van der Waals surface area contributed by atoms with Crippen LogP contribution in [0, 0.1) is 6.92 Å². The number of hydrogen-bond donors (Lipinski definition) is 3. The van der Waals surface area contributed by atoms with Gasteiger partial charge in [0.25, 0.3) is 0 Å². The second kappa shape index (κ2) is 6.20. The van der Waals surface area contributed by atoms with Crippen LogP contribution in [-0.4, -0.2) is 48.2 Å². The molecule has 2 aromatic heterocycles. The van der Waals surface area contributed by atoms with Crippen LogP contribution in [0.5, 0.6) is 0 Å². The van der Waals surface area contributed by atoms with Crippen molar-refractivity contribution in [3.63, 3.8) is 0 Å². The lowest BCUT2D eigenvalue weighted by molar-refractivity contribution is -0.0848. The molecule has 1 unspecified atom stereocenters. The molecule has 0 spiro atoms. The van der Waals surface area contributed by atoms with Crippen LogP contribution in [0.4, 0.5) is 0 Å². The smallest absolute Gasteiger partial charge is 0.164 e. The molecule has 1 fully saturated rings. The van der Waals surface area contributed by atoms with E-state index in [4.69, 9.17) is 4.74 Å². The number of aromatic nitrogens is 3. The summed E-state index contributed by atoms with van der Waals surface area (Å²) < 4.78 is 7.51. The first-order valence-electron chi connectivity index (χ1n) is 8.10. The Kier molecular flexibility index (Phi) is 4.01. The lowest BCUT2D eigenvalue weighted by Crippen LogP contribution is -2.34. The number of benzene rings is 1. The van der Waals surface area contributed by atoms with Crippen LogP contribution < -0.4 is 0 Å². The SMILES string of the molecule is Cc1ncnc2c1ccn2[C@@H]1O[C@@H]([C@@H](O)c2ccccc2)[C@@H](O)C1O. The predicted molar refractivity (Wildman–Crippen MR) is 89.6 cm³/mol. The van der Waals surface area contributed by atoms with Crippen molar-refractivity contribution in [2.45, 2.75) is 37.6 Å². The Morgan fingerprint density at radius 3 is 2.60 bits per heavy atom. The molecule has 7 nitrogen and oxygen atoms in total. The highest BCUT2D eigenvalue weighted by atomic mass is 16.6. The van der Waals surface area contributed by atoms with E-state index in [1.54, 1.807) is 35.0 Å². The molecule has 3 N–H and O–H groups in total. The summed E-state index contributed by atoms with van der Waals surface area (Å²) in [6, 6.07) is 10.8. The third-order valence-electron chi connectivity index (χ3n) is 4.71. The molecule has 5 atom stereocenters. The maximum absolute atomic E-state index is 10.6. The zero-order valence-electron chi connectivity index (χ0n) is 13.6. The van der Waals surface area contributed by atoms with Gasteiger partial charge in [-0.15, -0.1) is 0 Å². The summed E-state index contributed by atoms with van der Waals surface area (Å²) in [4.78, 5) is 8.40. The summed E-state index contributed by atoms with van der Waals surface area (Å²) in [7, 11) is 0. The van der Waals surface area contributed by atoms with Crippen molar-refractivity contribution in [2.24, 2.45) is 0 Å². The first-order valence-corrected chi connectivity index (χ1v) is 8.10. The third kappa shape index (κ3) is 2.61. The van der Waals surface area contributed by atoms with Gasteiger partial charge >= 0.3 is 0 Å². The zero-order chi connectivity index (χ0) is 17.6. The van der Waals surface area contributed by atoms with E-state index in [2.05, 4.69) is 9.97 Å². The standard InChI is InChI=1S/C18H19N3O4/c1-10-12-7-8-21(17(12)20-9-19-10)18-15(24)14(23)16(25-18)13(22)11-5-3-2-4-6-11/h2-9,13-16,18,22-24H,1H3/t13-,14-,15?,16-,18+/m0/s1. The number of rotatable bonds is 3. The number of hydrogen-bond acceptors (Lipinski definition) is 6. The lowest BCUT2D eigenvalue weighted by atomic mass is 9.99. The highest BCUT2D eigenvalue weighted by Gasteiger charge is 2.47. The van der Waals surface area contributed by atoms with Crippen LogP contribution in [0.2, 0.25) is 0 Å². The van der Waals surface area contributed by atoms with Gasteiger partial charge in [0, 0.05) is 11.6 Å². The van der Waals surface area contributed by atoms with Gasteiger partial charge in [0.1, 0.15) is 36.4 Å². The maximum atomic E-state index is 10.6. The Balaban J connectivity index is 1.67. The molecule has 3 aromatic rings. The minimum Gasteiger partial charge on any atom is -0.387 e. The van der Waals surface area contributed by atoms with Gasteiger partial charge in [0.05, 0.1) is 5.69 Å². The van der Waals surface area contributed by atoms with Crippen molar-refractivity contribution in [2.75, 3.05) is 0 Å². The number of aryl methyl sites for hydroxylation is 1. The number of aliphatic hydroxyl groups excluding tert-OH is 3. The monoisotopic (exact) mass is 341 g/mol. The predicted octanol–water partition coefficient (Wildman–Crippen LogP) is 1.09. The fourth-order valence-electron chi connectivity index (χ4n) is 3.32. The molecule has 1 aliphatic rings. The number of aliphatic hydroxyl groups is 3. The van der Waals surface area contributed by atoms with E-state index in [9.17, 15) is 15.3 Å². The van der Waals surface area contributed by atoms with Crippen LogP contribution in [0.3, 0.4) is 0 Å². The minimum absolute atomic E-state index is 0.610. The van der Waals surface area contributed by atoms with Crippen LogP contribution in [0.1, 0.15) is 23.6 Å². The number of ether oxygens (including phenoxy) is 1. The molecular formula is C18H19N3O4. The third-order valence-corrected chi connectivity index (χ3v) is 4.71. The number of nitrogens with zero attached hydrogens (tertiary/aromatic N) is 3. The maximum Gasteiger partial charge on any atom is 0.164 e. The first kappa shape index (κ1) is 16.2. The van der Waals surface area contributed by atoms with E-state index in [1.165, 1.54) is 6.33 Å². The molecule has 0 saturated carbocycles. The Hall–Kier alpha value is -2.32. The van der Waals surface area contributed by atoms with Gasteiger partial charge in [0.15, 0.2) is 6.23 Å². The van der Waals surface area contributed by atoms with Gasteiger partial charge in [-0.25, -0.2) is 9.97 Å². The molecular weight excluding hydrogens is 322 g/mol. The molecule has 25 heavy (non-hydrogen) atoms. The van der Waals surface area contributed by atoms with E-state index in [1.807, 2.05) is 19.1 Å². The minimum atomic E-state index is -1.22. The van der Waals surface area contributed by atoms with E-state index in [0.29, 0.717) is 11.2 Å². The van der Waals surface area contributed by atoms with Gasteiger partial charge in [-0.1, -0.05) is 30.3 Å². The number of fused-ring (bicyclic) bond motifs is 1. The molecule has 0 amide bonds. The van der Waals surface area contributed by atoms with Gasteiger partial charge in [-0.2, -0.15) is 0 Å². The fraction of sp³-hybridized carbons (Fsp3) is 0.333. The molecule has 0 aliphatic carbocycles. The largest absolute Gasteiger partial charge is 0.387 e. The van der Waals surface area contributed by atoms with Gasteiger partial charge < -0.3 is 24.6 Å². The van der Waals surface area contributed by atoms with Crippen molar-refractivity contribution in [3.8, 4) is 0 Å². The summed E-state index contributed by atoms with van der Waals surface area (Å²) in [6.45, 7) is 1.87. The zero-order valence-corrected chi connectivity index (χ0v) is 13.6. The van der Waals surface area contributed by atoms with Crippen molar-refractivity contribution in [3.05, 3.63) is 60.2 Å². The normalized spacial score (nSPS) is 27.7. The topological polar surface area (TPSA) is 101 Å². The van der Waals surface area contributed by atoms with E-state index in [-0.39, 0.29) is 0 Å². The van der Waals surface area contributed by atoms with E-state index >= 15 is 0 Å². The summed E-state index contributed by atoms with van der Waals surface area (Å²) in [6.07, 6.45) is -2.05. The van der Waals surface area contributed by atoms with E-state index in [0.717, 1.165) is 11.1 Å². The van der Waals surface area contributed by atoms with Crippen molar-refractivity contribution in [1.82, 2.24) is 14.5 Å². The average Bonchev–Trinajstić information content (AvgIpc) is 3.18. The molecule has 1 aromatic carbocycles. The first-order chi connectivity index (χ1) is 12.1. The van der Waals surface area contributed by atoms with Crippen LogP contribution >= 0.6 is 0 Å². The van der Waals surface area contributed by atoms with Crippen LogP contribution in [0.15, 0.2) is 48.9 Å². The Morgan fingerprint density at radius 1 is 1.08 bits per heavy atom. The van der Waals surface area contributed by atoms with Crippen molar-refractivity contribution >= 4 is 11.0 Å². The molecule has 3 heterocycles. The van der Waals surface area contributed by atoms with E-state index < -0.39 is 30.6 Å². The summed E-state index contributed by atoms with van der Waals surface area (Å²) in [5, 5.41) is 32.3. The Bertz CT molecular complexity index is 882. The molecule has 0 bridgehead atoms. The quantitative estimate of drug-likeness (QED) is 0.659. The lowest BCUT2D eigenvalue weighted by Gasteiger charge is -2.21. The summed E-state index contributed by atoms with van der Waals surface area (Å²) in [5.74, 6) is 0. The van der Waals surface area contributed by atoms with Gasteiger partial charge in [-0.3, -0.25) is 0 Å². The molecule has 7 heteroatoms. The molecule has 130 valence electrons.